The summed E-state index contributed by atoms with van der Waals surface area (Å²) in [6, 6.07) is 1.94. The minimum Gasteiger partial charge on any atom is -0.268 e. The van der Waals surface area contributed by atoms with E-state index in [-0.39, 0.29) is 11.1 Å². The van der Waals surface area contributed by atoms with Gasteiger partial charge in [-0.05, 0) is 35.8 Å². The molecule has 0 aliphatic rings. The minimum absolute atomic E-state index is 0.147. The molecule has 0 atom stereocenters. The fourth-order valence-electron chi connectivity index (χ4n) is 1.49. The van der Waals surface area contributed by atoms with Gasteiger partial charge < -0.3 is 0 Å². The number of nitrogens with zero attached hydrogens (tertiary/aromatic N) is 1. The number of H-pyrrole nitrogens is 1. The van der Waals surface area contributed by atoms with Crippen LogP contribution in [0.1, 0.15) is 16.0 Å². The Bertz CT molecular complexity index is 669. The number of hydrogen-bond donors (Lipinski definition) is 1. The van der Waals surface area contributed by atoms with Gasteiger partial charge >= 0.3 is 0 Å². The number of hydrogen-bond acceptors (Lipinski definition) is 3. The van der Waals surface area contributed by atoms with Gasteiger partial charge in [-0.1, -0.05) is 0 Å². The molecule has 0 saturated heterocycles. The van der Waals surface area contributed by atoms with E-state index >= 15 is 0 Å². The average Bonchev–Trinajstić information content (AvgIpc) is 2.69. The maximum Gasteiger partial charge on any atom is 0.268 e. The van der Waals surface area contributed by atoms with Gasteiger partial charge in [-0.3, -0.25) is 14.7 Å². The summed E-state index contributed by atoms with van der Waals surface area (Å²) < 4.78 is 2.33. The van der Waals surface area contributed by atoms with Gasteiger partial charge in [0.2, 0.25) is 0 Å². The van der Waals surface area contributed by atoms with Gasteiger partial charge in [0.25, 0.3) is 11.1 Å². The van der Waals surface area contributed by atoms with Crippen molar-refractivity contribution in [2.24, 2.45) is 0 Å². The number of nitrogens with one attached hydrogen (secondary N) is 1. The molecular formula is C11H11BrN2O2S. The molecule has 0 amide bonds. The lowest BCUT2D eigenvalue weighted by atomic mass is 10.2. The zero-order chi connectivity index (χ0) is 12.6. The molecule has 0 saturated carbocycles. The van der Waals surface area contributed by atoms with Crippen LogP contribution in [0.4, 0.5) is 0 Å². The summed E-state index contributed by atoms with van der Waals surface area (Å²) in [5.74, 6) is 0. The standard InChI is InChI=1S/C11H11BrN2O2S/c1-6-7(2)11(16)14(13-10(6)15)4-9-3-8(12)5-17-9/h3,5H,4H2,1-2H3,(H,13,15). The van der Waals surface area contributed by atoms with Gasteiger partial charge in [0.05, 0.1) is 6.54 Å². The second kappa shape index (κ2) is 4.62. The maximum atomic E-state index is 11.9. The third-order valence-electron chi connectivity index (χ3n) is 2.64. The molecule has 0 unspecified atom stereocenters. The lowest BCUT2D eigenvalue weighted by molar-refractivity contribution is 0.624. The maximum absolute atomic E-state index is 11.9. The lowest BCUT2D eigenvalue weighted by Crippen LogP contribution is -2.33. The Hall–Kier alpha value is -1.14. The summed E-state index contributed by atoms with van der Waals surface area (Å²) in [4.78, 5) is 24.5. The third-order valence-corrected chi connectivity index (χ3v) is 4.32. The fraction of sp³-hybridized carbons (Fsp3) is 0.273. The van der Waals surface area contributed by atoms with Gasteiger partial charge in [-0.2, -0.15) is 0 Å². The topological polar surface area (TPSA) is 54.9 Å². The first-order valence-electron chi connectivity index (χ1n) is 5.02. The Balaban J connectivity index is 2.47. The molecule has 2 heterocycles. The summed E-state index contributed by atoms with van der Waals surface area (Å²) in [6.07, 6.45) is 0. The zero-order valence-corrected chi connectivity index (χ0v) is 11.8. The third kappa shape index (κ3) is 2.42. The van der Waals surface area contributed by atoms with E-state index in [0.29, 0.717) is 17.7 Å². The lowest BCUT2D eigenvalue weighted by Gasteiger charge is -2.06. The fourth-order valence-corrected chi connectivity index (χ4v) is 2.93. The number of rotatable bonds is 2. The van der Waals surface area contributed by atoms with E-state index in [1.54, 1.807) is 25.2 Å². The molecule has 4 nitrogen and oxygen atoms in total. The van der Waals surface area contributed by atoms with E-state index < -0.39 is 0 Å². The molecule has 0 spiro atoms. The van der Waals surface area contributed by atoms with Crippen molar-refractivity contribution >= 4 is 27.3 Å². The van der Waals surface area contributed by atoms with E-state index in [4.69, 9.17) is 0 Å². The molecule has 2 aromatic heterocycles. The highest BCUT2D eigenvalue weighted by atomic mass is 79.9. The van der Waals surface area contributed by atoms with Gasteiger partial charge in [0.15, 0.2) is 0 Å². The summed E-state index contributed by atoms with van der Waals surface area (Å²) in [6.45, 7) is 3.72. The van der Waals surface area contributed by atoms with Crippen LogP contribution in [0.5, 0.6) is 0 Å². The van der Waals surface area contributed by atoms with Crippen molar-refractivity contribution in [3.05, 3.63) is 52.6 Å². The van der Waals surface area contributed by atoms with Crippen LogP contribution in [-0.2, 0) is 6.54 Å². The molecule has 17 heavy (non-hydrogen) atoms. The first-order valence-corrected chi connectivity index (χ1v) is 6.69. The summed E-state index contributed by atoms with van der Waals surface area (Å²) in [5.41, 5.74) is 0.632. The van der Waals surface area contributed by atoms with Gasteiger partial charge in [0, 0.05) is 25.9 Å². The van der Waals surface area contributed by atoms with Crippen molar-refractivity contribution in [1.82, 2.24) is 9.78 Å². The molecule has 2 aromatic rings. The highest BCUT2D eigenvalue weighted by Gasteiger charge is 2.08. The van der Waals surface area contributed by atoms with Crippen LogP contribution in [0.3, 0.4) is 0 Å². The van der Waals surface area contributed by atoms with Crippen LogP contribution < -0.4 is 11.1 Å². The smallest absolute Gasteiger partial charge is 0.268 e. The van der Waals surface area contributed by atoms with E-state index in [0.717, 1.165) is 9.35 Å². The SMILES string of the molecule is Cc1c(C)c(=O)n(Cc2cc(Br)cs2)[nH]c1=O. The Morgan fingerprint density at radius 1 is 1.35 bits per heavy atom. The molecule has 90 valence electrons. The average molecular weight is 315 g/mol. The Kier molecular flexibility index (Phi) is 3.35. The van der Waals surface area contributed by atoms with Crippen LogP contribution in [0.25, 0.3) is 0 Å². The molecule has 1 N–H and O–H groups in total. The van der Waals surface area contributed by atoms with Gasteiger partial charge in [-0.15, -0.1) is 11.3 Å². The summed E-state index contributed by atoms with van der Waals surface area (Å²) >= 11 is 4.90. The highest BCUT2D eigenvalue weighted by molar-refractivity contribution is 9.10. The Morgan fingerprint density at radius 2 is 2.06 bits per heavy atom. The van der Waals surface area contributed by atoms with E-state index in [1.807, 2.05) is 11.4 Å². The van der Waals surface area contributed by atoms with Gasteiger partial charge in [-0.25, -0.2) is 4.68 Å². The predicted molar refractivity (Wildman–Crippen MR) is 71.9 cm³/mol. The quantitative estimate of drug-likeness (QED) is 0.922. The first kappa shape index (κ1) is 12.3. The van der Waals surface area contributed by atoms with E-state index in [1.165, 1.54) is 4.68 Å². The van der Waals surface area contributed by atoms with Crippen LogP contribution in [0, 0.1) is 13.8 Å². The van der Waals surface area contributed by atoms with Gasteiger partial charge in [0.1, 0.15) is 0 Å². The molecule has 2 rings (SSSR count). The van der Waals surface area contributed by atoms with Crippen LogP contribution in [-0.4, -0.2) is 9.78 Å². The number of thiophene rings is 1. The first-order chi connectivity index (χ1) is 7.99. The monoisotopic (exact) mass is 314 g/mol. The number of aromatic nitrogens is 2. The van der Waals surface area contributed by atoms with Crippen molar-refractivity contribution < 1.29 is 0 Å². The van der Waals surface area contributed by atoms with Crippen LogP contribution in [0.15, 0.2) is 25.5 Å². The number of aromatic amines is 1. The van der Waals surface area contributed by atoms with E-state index in [2.05, 4.69) is 21.0 Å². The van der Waals surface area contributed by atoms with E-state index in [9.17, 15) is 9.59 Å². The molecule has 6 heteroatoms. The second-order valence-electron chi connectivity index (χ2n) is 3.81. The van der Waals surface area contributed by atoms with Crippen molar-refractivity contribution in [2.45, 2.75) is 20.4 Å². The largest absolute Gasteiger partial charge is 0.268 e. The molecule has 0 aromatic carbocycles. The Morgan fingerprint density at radius 3 is 2.65 bits per heavy atom. The highest BCUT2D eigenvalue weighted by Crippen LogP contribution is 2.19. The molecule has 0 aliphatic heterocycles. The molecule has 0 aliphatic carbocycles. The normalized spacial score (nSPS) is 10.8. The van der Waals surface area contributed by atoms with Crippen LogP contribution in [0.2, 0.25) is 0 Å². The predicted octanol–water partition coefficient (Wildman–Crippen LogP) is 2.03. The Labute approximate surface area is 110 Å². The zero-order valence-electron chi connectivity index (χ0n) is 9.41. The van der Waals surface area contributed by atoms with Crippen molar-refractivity contribution in [1.29, 1.82) is 0 Å². The summed E-state index contributed by atoms with van der Waals surface area (Å²) in [7, 11) is 0. The molecular weight excluding hydrogens is 304 g/mol. The van der Waals surface area contributed by atoms with Crippen molar-refractivity contribution in [3.8, 4) is 0 Å². The van der Waals surface area contributed by atoms with Crippen LogP contribution >= 0.6 is 27.3 Å². The second-order valence-corrected chi connectivity index (χ2v) is 5.72. The van der Waals surface area contributed by atoms with Crippen molar-refractivity contribution in [3.63, 3.8) is 0 Å². The number of halogens is 1. The molecule has 0 bridgehead atoms. The molecule has 0 fully saturated rings. The molecule has 0 radical (unpaired) electrons. The van der Waals surface area contributed by atoms with Crippen molar-refractivity contribution in [2.75, 3.05) is 0 Å². The summed E-state index contributed by atoms with van der Waals surface area (Å²) in [5, 5.41) is 4.53. The minimum atomic E-state index is -0.210.